The molecular formula is C20H26N6. The van der Waals surface area contributed by atoms with Gasteiger partial charge in [0.25, 0.3) is 0 Å². The van der Waals surface area contributed by atoms with Crippen LogP contribution in [0.4, 0.5) is 5.82 Å². The van der Waals surface area contributed by atoms with Gasteiger partial charge in [-0.2, -0.15) is 0 Å². The molecule has 0 N–H and O–H groups in total. The van der Waals surface area contributed by atoms with Gasteiger partial charge in [0.15, 0.2) is 0 Å². The van der Waals surface area contributed by atoms with Gasteiger partial charge in [-0.1, -0.05) is 24.3 Å². The zero-order valence-corrected chi connectivity index (χ0v) is 15.8. The number of rotatable bonds is 4. The number of anilines is 1. The van der Waals surface area contributed by atoms with Crippen molar-refractivity contribution < 1.29 is 0 Å². The highest BCUT2D eigenvalue weighted by Gasteiger charge is 2.27. The molecule has 1 aromatic carbocycles. The summed E-state index contributed by atoms with van der Waals surface area (Å²) in [6.07, 6.45) is 4.21. The summed E-state index contributed by atoms with van der Waals surface area (Å²) in [5, 5.41) is 11.4. The van der Waals surface area contributed by atoms with Crippen LogP contribution in [0.25, 0.3) is 10.8 Å². The fourth-order valence-electron chi connectivity index (χ4n) is 3.89. The highest BCUT2D eigenvalue weighted by molar-refractivity contribution is 5.92. The zero-order chi connectivity index (χ0) is 18.1. The van der Waals surface area contributed by atoms with Crippen molar-refractivity contribution >= 4 is 16.6 Å². The van der Waals surface area contributed by atoms with Crippen LogP contribution in [0.5, 0.6) is 0 Å². The number of benzene rings is 1. The molecule has 0 unspecified atom stereocenters. The van der Waals surface area contributed by atoms with Crippen LogP contribution in [0.1, 0.15) is 30.4 Å². The van der Waals surface area contributed by atoms with Crippen LogP contribution in [0.2, 0.25) is 0 Å². The number of pyridine rings is 1. The highest BCUT2D eigenvalue weighted by Crippen LogP contribution is 2.31. The summed E-state index contributed by atoms with van der Waals surface area (Å²) < 4.78 is 2.17. The van der Waals surface area contributed by atoms with Gasteiger partial charge in [-0.3, -0.25) is 0 Å². The van der Waals surface area contributed by atoms with Gasteiger partial charge >= 0.3 is 0 Å². The van der Waals surface area contributed by atoms with E-state index < -0.39 is 0 Å². The quantitative estimate of drug-likeness (QED) is 0.724. The molecule has 0 amide bonds. The number of aromatic nitrogens is 4. The molecule has 2 aromatic heterocycles. The smallest absolute Gasteiger partial charge is 0.146 e. The molecular weight excluding hydrogens is 324 g/mol. The third-order valence-corrected chi connectivity index (χ3v) is 5.20. The van der Waals surface area contributed by atoms with Gasteiger partial charge in [-0.25, -0.2) is 4.98 Å². The molecule has 1 aliphatic heterocycles. The SMILES string of the molecule is CN(C)Cc1nnc([C@H]2CCCN(c3nccc4ccccc34)C2)n1C. The van der Waals surface area contributed by atoms with Crippen molar-refractivity contribution in [3.8, 4) is 0 Å². The van der Waals surface area contributed by atoms with Crippen LogP contribution in [0, 0.1) is 0 Å². The van der Waals surface area contributed by atoms with E-state index in [1.807, 2.05) is 6.20 Å². The second-order valence-corrected chi connectivity index (χ2v) is 7.41. The minimum absolute atomic E-state index is 0.387. The molecule has 0 spiro atoms. The average molecular weight is 350 g/mol. The van der Waals surface area contributed by atoms with Crippen molar-refractivity contribution in [1.29, 1.82) is 0 Å². The molecule has 0 bridgehead atoms. The van der Waals surface area contributed by atoms with E-state index in [1.54, 1.807) is 0 Å². The molecule has 0 saturated carbocycles. The molecule has 4 rings (SSSR count). The third kappa shape index (κ3) is 3.17. The van der Waals surface area contributed by atoms with E-state index in [4.69, 9.17) is 4.98 Å². The molecule has 6 nitrogen and oxygen atoms in total. The van der Waals surface area contributed by atoms with Gasteiger partial charge < -0.3 is 14.4 Å². The Bertz CT molecular complexity index is 895. The van der Waals surface area contributed by atoms with Crippen molar-refractivity contribution in [2.75, 3.05) is 32.1 Å². The first-order valence-corrected chi connectivity index (χ1v) is 9.25. The zero-order valence-electron chi connectivity index (χ0n) is 15.8. The predicted molar refractivity (Wildman–Crippen MR) is 104 cm³/mol. The minimum Gasteiger partial charge on any atom is -0.355 e. The Morgan fingerprint density at radius 3 is 2.85 bits per heavy atom. The fraction of sp³-hybridized carbons (Fsp3) is 0.450. The van der Waals surface area contributed by atoms with Gasteiger partial charge in [0.2, 0.25) is 0 Å². The number of hydrogen-bond acceptors (Lipinski definition) is 5. The number of fused-ring (bicyclic) bond motifs is 1. The lowest BCUT2D eigenvalue weighted by Gasteiger charge is -2.33. The molecule has 26 heavy (non-hydrogen) atoms. The molecule has 136 valence electrons. The topological polar surface area (TPSA) is 50.1 Å². The normalized spacial score (nSPS) is 18.0. The Hall–Kier alpha value is -2.47. The summed E-state index contributed by atoms with van der Waals surface area (Å²) in [7, 11) is 6.20. The Balaban J connectivity index is 1.61. The summed E-state index contributed by atoms with van der Waals surface area (Å²) in [6.45, 7) is 2.79. The minimum atomic E-state index is 0.387. The van der Waals surface area contributed by atoms with Crippen molar-refractivity contribution in [1.82, 2.24) is 24.6 Å². The molecule has 6 heteroatoms. The lowest BCUT2D eigenvalue weighted by Crippen LogP contribution is -2.36. The second kappa shape index (κ2) is 7.03. The third-order valence-electron chi connectivity index (χ3n) is 5.20. The first kappa shape index (κ1) is 17.0. The maximum absolute atomic E-state index is 4.70. The largest absolute Gasteiger partial charge is 0.355 e. The lowest BCUT2D eigenvalue weighted by atomic mass is 9.96. The van der Waals surface area contributed by atoms with E-state index in [1.165, 1.54) is 10.8 Å². The molecule has 3 aromatic rings. The molecule has 3 heterocycles. The van der Waals surface area contributed by atoms with Crippen molar-refractivity contribution in [2.45, 2.75) is 25.3 Å². The summed E-state index contributed by atoms with van der Waals surface area (Å²) in [6, 6.07) is 10.6. The van der Waals surface area contributed by atoms with E-state index in [2.05, 4.69) is 76.0 Å². The molecule has 1 atom stereocenters. The fourth-order valence-corrected chi connectivity index (χ4v) is 3.89. The predicted octanol–water partition coefficient (Wildman–Crippen LogP) is 2.81. The van der Waals surface area contributed by atoms with E-state index >= 15 is 0 Å². The monoisotopic (exact) mass is 350 g/mol. The van der Waals surface area contributed by atoms with Crippen LogP contribution < -0.4 is 4.90 Å². The second-order valence-electron chi connectivity index (χ2n) is 7.41. The van der Waals surface area contributed by atoms with E-state index in [9.17, 15) is 0 Å². The summed E-state index contributed by atoms with van der Waals surface area (Å²) in [5.74, 6) is 3.58. The number of piperidine rings is 1. The molecule has 1 fully saturated rings. The van der Waals surface area contributed by atoms with Gasteiger partial charge in [0, 0.05) is 37.6 Å². The van der Waals surface area contributed by atoms with Crippen LogP contribution >= 0.6 is 0 Å². The molecule has 1 saturated heterocycles. The number of nitrogens with zero attached hydrogens (tertiary/aromatic N) is 6. The highest BCUT2D eigenvalue weighted by atomic mass is 15.3. The van der Waals surface area contributed by atoms with Gasteiger partial charge in [-0.05, 0) is 38.4 Å². The van der Waals surface area contributed by atoms with Crippen LogP contribution in [-0.4, -0.2) is 51.8 Å². The van der Waals surface area contributed by atoms with E-state index in [-0.39, 0.29) is 0 Å². The first-order valence-electron chi connectivity index (χ1n) is 9.25. The first-order chi connectivity index (χ1) is 12.6. The molecule has 0 aliphatic carbocycles. The summed E-state index contributed by atoms with van der Waals surface area (Å²) >= 11 is 0. The Morgan fingerprint density at radius 2 is 2.00 bits per heavy atom. The maximum Gasteiger partial charge on any atom is 0.146 e. The van der Waals surface area contributed by atoms with Crippen LogP contribution in [0.3, 0.4) is 0 Å². The van der Waals surface area contributed by atoms with E-state index in [0.29, 0.717) is 5.92 Å². The van der Waals surface area contributed by atoms with Gasteiger partial charge in [0.05, 0.1) is 6.54 Å². The van der Waals surface area contributed by atoms with Crippen LogP contribution in [0.15, 0.2) is 36.5 Å². The Kier molecular flexibility index (Phi) is 4.59. The van der Waals surface area contributed by atoms with E-state index in [0.717, 1.165) is 49.9 Å². The van der Waals surface area contributed by atoms with Crippen molar-refractivity contribution in [3.05, 3.63) is 48.2 Å². The van der Waals surface area contributed by atoms with Gasteiger partial charge in [-0.15, -0.1) is 10.2 Å². The number of hydrogen-bond donors (Lipinski definition) is 0. The van der Waals surface area contributed by atoms with Crippen molar-refractivity contribution in [3.63, 3.8) is 0 Å². The molecule has 0 radical (unpaired) electrons. The van der Waals surface area contributed by atoms with Crippen molar-refractivity contribution in [2.24, 2.45) is 7.05 Å². The lowest BCUT2D eigenvalue weighted by molar-refractivity contribution is 0.382. The van der Waals surface area contributed by atoms with Gasteiger partial charge in [0.1, 0.15) is 17.5 Å². The summed E-state index contributed by atoms with van der Waals surface area (Å²) in [4.78, 5) is 9.24. The van der Waals surface area contributed by atoms with Crippen LogP contribution in [-0.2, 0) is 13.6 Å². The Labute approximate surface area is 154 Å². The average Bonchev–Trinajstić information content (AvgIpc) is 3.01. The Morgan fingerprint density at radius 1 is 1.15 bits per heavy atom. The summed E-state index contributed by atoms with van der Waals surface area (Å²) in [5.41, 5.74) is 0. The standard InChI is InChI=1S/C20H26N6/c1-24(2)14-18-22-23-19(25(18)3)16-8-6-12-26(13-16)20-17-9-5-4-7-15(17)10-11-21-20/h4-5,7,9-11,16H,6,8,12-14H2,1-3H3/t16-/m0/s1. The maximum atomic E-state index is 4.70. The molecule has 1 aliphatic rings.